The molecule has 0 bridgehead atoms. The minimum atomic E-state index is -4.12. The number of hydrogen-bond acceptors (Lipinski definition) is 6. The highest BCUT2D eigenvalue weighted by Gasteiger charge is 2.26. The zero-order valence-corrected chi connectivity index (χ0v) is 16.8. The fourth-order valence-electron chi connectivity index (χ4n) is 2.31. The van der Waals surface area contributed by atoms with E-state index >= 15 is 0 Å². The minimum absolute atomic E-state index is 0.0686. The molecular weight excluding hydrogens is 410 g/mol. The molecule has 28 heavy (non-hydrogen) atoms. The summed E-state index contributed by atoms with van der Waals surface area (Å²) in [4.78, 5) is 22.5. The van der Waals surface area contributed by atoms with Gasteiger partial charge in [0.1, 0.15) is 10.6 Å². The second-order valence-corrected chi connectivity index (χ2v) is 8.00. The molecule has 0 aromatic heterocycles. The van der Waals surface area contributed by atoms with Gasteiger partial charge in [-0.1, -0.05) is 17.7 Å². The first-order valence-electron chi connectivity index (χ1n) is 7.97. The highest BCUT2D eigenvalue weighted by atomic mass is 35.5. The number of methoxy groups -OCH3 is 1. The number of carbonyl (C=O) groups is 1. The molecule has 2 aromatic carbocycles. The van der Waals surface area contributed by atoms with Gasteiger partial charge in [-0.05, 0) is 37.6 Å². The van der Waals surface area contributed by atoms with E-state index in [1.165, 1.54) is 50.4 Å². The quantitative estimate of drug-likeness (QED) is 0.516. The third-order valence-electron chi connectivity index (χ3n) is 3.83. The fourth-order valence-corrected chi connectivity index (χ4v) is 3.94. The van der Waals surface area contributed by atoms with Crippen LogP contribution in [0.25, 0.3) is 0 Å². The lowest BCUT2D eigenvalue weighted by Gasteiger charge is -2.17. The lowest BCUT2D eigenvalue weighted by molar-refractivity contribution is -0.384. The summed E-state index contributed by atoms with van der Waals surface area (Å²) in [6.45, 7) is 3.00. The maximum absolute atomic E-state index is 12.6. The Balaban J connectivity index is 2.22. The largest absolute Gasteiger partial charge is 0.495 e. The number of rotatable bonds is 7. The average molecular weight is 428 g/mol. The first-order chi connectivity index (χ1) is 13.0. The molecule has 2 aromatic rings. The van der Waals surface area contributed by atoms with Crippen molar-refractivity contribution in [1.29, 1.82) is 0 Å². The van der Waals surface area contributed by atoms with Crippen LogP contribution in [-0.2, 0) is 14.8 Å². The number of ether oxygens (including phenoxy) is 1. The second-order valence-electron chi connectivity index (χ2n) is 5.88. The molecule has 0 aliphatic heterocycles. The van der Waals surface area contributed by atoms with E-state index in [0.29, 0.717) is 5.56 Å². The summed E-state index contributed by atoms with van der Waals surface area (Å²) in [7, 11) is -2.81. The standard InChI is InChI=1S/C17H18ClN3O6S/c1-10-4-6-13(21(23)24)9-14(10)19-17(22)11(2)20-28(25,26)16-8-12(18)5-7-15(16)27-3/h4-9,11,20H,1-3H3,(H,19,22)/t11-/m0/s1. The van der Waals surface area contributed by atoms with E-state index in [4.69, 9.17) is 16.3 Å². The van der Waals surface area contributed by atoms with Crippen molar-refractivity contribution in [2.75, 3.05) is 12.4 Å². The zero-order valence-electron chi connectivity index (χ0n) is 15.2. The summed E-state index contributed by atoms with van der Waals surface area (Å²) < 4.78 is 32.5. The van der Waals surface area contributed by atoms with Crippen molar-refractivity contribution in [3.63, 3.8) is 0 Å². The number of nitro benzene ring substituents is 1. The van der Waals surface area contributed by atoms with Gasteiger partial charge in [-0.25, -0.2) is 8.42 Å². The summed E-state index contributed by atoms with van der Waals surface area (Å²) in [5, 5.41) is 13.6. The summed E-state index contributed by atoms with van der Waals surface area (Å²) in [5.74, 6) is -0.618. The Morgan fingerprint density at radius 2 is 1.93 bits per heavy atom. The lowest BCUT2D eigenvalue weighted by atomic mass is 10.1. The Bertz CT molecular complexity index is 1030. The van der Waals surface area contributed by atoms with Gasteiger partial charge in [0.05, 0.1) is 23.8 Å². The van der Waals surface area contributed by atoms with E-state index in [9.17, 15) is 23.3 Å². The van der Waals surface area contributed by atoms with Gasteiger partial charge < -0.3 is 10.1 Å². The molecular formula is C17H18ClN3O6S. The molecule has 2 N–H and O–H groups in total. The van der Waals surface area contributed by atoms with Crippen molar-refractivity contribution >= 4 is 38.9 Å². The van der Waals surface area contributed by atoms with E-state index in [2.05, 4.69) is 10.0 Å². The molecule has 150 valence electrons. The third-order valence-corrected chi connectivity index (χ3v) is 5.63. The molecule has 2 rings (SSSR count). The number of carbonyl (C=O) groups excluding carboxylic acids is 1. The first-order valence-corrected chi connectivity index (χ1v) is 9.83. The second kappa shape index (κ2) is 8.55. The van der Waals surface area contributed by atoms with Crippen molar-refractivity contribution in [2.24, 2.45) is 0 Å². The summed E-state index contributed by atoms with van der Waals surface area (Å²) in [5.41, 5.74) is 0.605. The number of amides is 1. The molecule has 0 aliphatic carbocycles. The summed E-state index contributed by atoms with van der Waals surface area (Å²) in [6, 6.07) is 6.90. The molecule has 0 spiro atoms. The van der Waals surface area contributed by atoms with Gasteiger partial charge in [0, 0.05) is 17.2 Å². The zero-order chi connectivity index (χ0) is 21.1. The van der Waals surface area contributed by atoms with Crippen molar-refractivity contribution < 1.29 is 22.9 Å². The number of aryl methyl sites for hydroxylation is 1. The van der Waals surface area contributed by atoms with E-state index < -0.39 is 26.9 Å². The number of hydrogen-bond donors (Lipinski definition) is 2. The molecule has 1 amide bonds. The number of sulfonamides is 1. The van der Waals surface area contributed by atoms with Crippen LogP contribution in [0.4, 0.5) is 11.4 Å². The number of non-ortho nitro benzene ring substituents is 1. The highest BCUT2D eigenvalue weighted by molar-refractivity contribution is 7.89. The molecule has 9 nitrogen and oxygen atoms in total. The fraction of sp³-hybridized carbons (Fsp3) is 0.235. The Morgan fingerprint density at radius 3 is 2.54 bits per heavy atom. The predicted octanol–water partition coefficient (Wildman–Crippen LogP) is 2.87. The van der Waals surface area contributed by atoms with Crippen LogP contribution in [-0.4, -0.2) is 32.4 Å². The van der Waals surface area contributed by atoms with Crippen molar-refractivity contribution in [2.45, 2.75) is 24.8 Å². The van der Waals surface area contributed by atoms with Crippen molar-refractivity contribution in [3.05, 3.63) is 57.1 Å². The van der Waals surface area contributed by atoms with Crippen molar-refractivity contribution in [3.8, 4) is 5.75 Å². The lowest BCUT2D eigenvalue weighted by Crippen LogP contribution is -2.41. The maximum Gasteiger partial charge on any atom is 0.271 e. The number of anilines is 1. The van der Waals surface area contributed by atoms with E-state index in [1.807, 2.05) is 0 Å². The normalized spacial score (nSPS) is 12.3. The van der Waals surface area contributed by atoms with Crippen LogP contribution in [0.1, 0.15) is 12.5 Å². The Morgan fingerprint density at radius 1 is 1.25 bits per heavy atom. The molecule has 0 saturated carbocycles. The van der Waals surface area contributed by atoms with Gasteiger partial charge in [-0.15, -0.1) is 0 Å². The molecule has 0 unspecified atom stereocenters. The van der Waals surface area contributed by atoms with Crippen LogP contribution < -0.4 is 14.8 Å². The van der Waals surface area contributed by atoms with Gasteiger partial charge in [0.25, 0.3) is 5.69 Å². The predicted molar refractivity (Wildman–Crippen MR) is 104 cm³/mol. The van der Waals surface area contributed by atoms with Crippen LogP contribution in [0, 0.1) is 17.0 Å². The number of benzene rings is 2. The molecule has 0 heterocycles. The van der Waals surface area contributed by atoms with Crippen LogP contribution >= 0.6 is 11.6 Å². The molecule has 0 saturated heterocycles. The molecule has 0 radical (unpaired) electrons. The summed E-state index contributed by atoms with van der Waals surface area (Å²) >= 11 is 5.86. The molecule has 0 aliphatic rings. The van der Waals surface area contributed by atoms with Crippen LogP contribution in [0.5, 0.6) is 5.75 Å². The van der Waals surface area contributed by atoms with Gasteiger partial charge in [0.15, 0.2) is 0 Å². The summed E-state index contributed by atoms with van der Waals surface area (Å²) in [6.07, 6.45) is 0. The molecule has 11 heteroatoms. The topological polar surface area (TPSA) is 128 Å². The maximum atomic E-state index is 12.6. The third kappa shape index (κ3) is 4.97. The van der Waals surface area contributed by atoms with Gasteiger partial charge >= 0.3 is 0 Å². The van der Waals surface area contributed by atoms with Gasteiger partial charge in [0.2, 0.25) is 15.9 Å². The number of nitrogens with one attached hydrogen (secondary N) is 2. The van der Waals surface area contributed by atoms with Crippen molar-refractivity contribution in [1.82, 2.24) is 4.72 Å². The molecule has 1 atom stereocenters. The molecule has 0 fully saturated rings. The number of nitro groups is 1. The van der Waals surface area contributed by atoms with Crippen LogP contribution in [0.15, 0.2) is 41.3 Å². The Labute approximate surface area is 166 Å². The van der Waals surface area contributed by atoms with E-state index in [1.54, 1.807) is 6.92 Å². The van der Waals surface area contributed by atoms with E-state index in [0.717, 1.165) is 0 Å². The Hall–Kier alpha value is -2.69. The smallest absolute Gasteiger partial charge is 0.271 e. The SMILES string of the molecule is COc1ccc(Cl)cc1S(=O)(=O)N[C@@H](C)C(=O)Nc1cc([N+](=O)[O-])ccc1C. The minimum Gasteiger partial charge on any atom is -0.495 e. The highest BCUT2D eigenvalue weighted by Crippen LogP contribution is 2.27. The van der Waals surface area contributed by atoms with E-state index in [-0.39, 0.29) is 27.0 Å². The average Bonchev–Trinajstić information content (AvgIpc) is 2.62. The monoisotopic (exact) mass is 427 g/mol. The first kappa shape index (κ1) is 21.6. The number of halogens is 1. The van der Waals surface area contributed by atoms with Gasteiger partial charge in [-0.3, -0.25) is 14.9 Å². The number of nitrogens with zero attached hydrogens (tertiary/aromatic N) is 1. The van der Waals surface area contributed by atoms with Crippen LogP contribution in [0.2, 0.25) is 5.02 Å². The van der Waals surface area contributed by atoms with Gasteiger partial charge in [-0.2, -0.15) is 4.72 Å². The van der Waals surface area contributed by atoms with Crippen LogP contribution in [0.3, 0.4) is 0 Å². The Kier molecular flexibility index (Phi) is 6.60.